The molecule has 3 aromatic rings. The second kappa shape index (κ2) is 8.03. The van der Waals surface area contributed by atoms with Crippen LogP contribution >= 0.6 is 11.6 Å². The molecule has 0 spiro atoms. The second-order valence-electron chi connectivity index (χ2n) is 7.85. The zero-order valence-corrected chi connectivity index (χ0v) is 17.5. The Morgan fingerprint density at radius 1 is 1.27 bits per heavy atom. The van der Waals surface area contributed by atoms with Crippen LogP contribution in [0.2, 0.25) is 5.02 Å². The third-order valence-corrected chi connectivity index (χ3v) is 5.73. The number of carbonyl (C=O) groups is 2. The van der Waals surface area contributed by atoms with Crippen LogP contribution in [0.5, 0.6) is 5.75 Å². The van der Waals surface area contributed by atoms with Gasteiger partial charge in [0.15, 0.2) is 12.1 Å². The number of hydrogen-bond acceptors (Lipinski definition) is 3. The van der Waals surface area contributed by atoms with Crippen LogP contribution in [0.3, 0.4) is 0 Å². The molecule has 2 atom stereocenters. The van der Waals surface area contributed by atoms with Crippen molar-refractivity contribution < 1.29 is 19.4 Å². The fourth-order valence-electron chi connectivity index (χ4n) is 3.99. The molecule has 2 unspecified atom stereocenters. The molecule has 4 rings (SSSR count). The molecule has 2 N–H and O–H groups in total. The van der Waals surface area contributed by atoms with E-state index >= 15 is 0 Å². The molecule has 30 heavy (non-hydrogen) atoms. The lowest BCUT2D eigenvalue weighted by Crippen LogP contribution is -2.46. The van der Waals surface area contributed by atoms with Crippen LogP contribution < -0.4 is 4.74 Å². The van der Waals surface area contributed by atoms with Crippen molar-refractivity contribution in [3.8, 4) is 5.75 Å². The molecule has 2 heterocycles. The maximum atomic E-state index is 13.4. The topological polar surface area (TPSA) is 82.6 Å². The first kappa shape index (κ1) is 20.3. The molecule has 0 bridgehead atoms. The Labute approximate surface area is 179 Å². The van der Waals surface area contributed by atoms with Crippen molar-refractivity contribution >= 4 is 34.4 Å². The van der Waals surface area contributed by atoms with Gasteiger partial charge in [-0.2, -0.15) is 0 Å². The number of aliphatic carboxylic acids is 1. The van der Waals surface area contributed by atoms with E-state index in [0.29, 0.717) is 22.8 Å². The van der Waals surface area contributed by atoms with E-state index in [1.54, 1.807) is 18.2 Å². The molecular weight excluding hydrogens is 404 g/mol. The van der Waals surface area contributed by atoms with Gasteiger partial charge in [0.2, 0.25) is 0 Å². The Morgan fingerprint density at radius 3 is 2.77 bits per heavy atom. The van der Waals surface area contributed by atoms with Crippen molar-refractivity contribution in [1.82, 2.24) is 9.88 Å². The summed E-state index contributed by atoms with van der Waals surface area (Å²) in [4.78, 5) is 30.3. The maximum Gasteiger partial charge on any atom is 0.331 e. The van der Waals surface area contributed by atoms with Gasteiger partial charge in [0, 0.05) is 34.2 Å². The van der Waals surface area contributed by atoms with Gasteiger partial charge in [-0.25, -0.2) is 4.79 Å². The van der Waals surface area contributed by atoms with E-state index in [1.807, 2.05) is 44.3 Å². The first-order chi connectivity index (χ1) is 14.4. The highest BCUT2D eigenvalue weighted by Gasteiger charge is 2.41. The van der Waals surface area contributed by atoms with Gasteiger partial charge in [-0.1, -0.05) is 43.6 Å². The number of fused-ring (bicyclic) bond motifs is 2. The van der Waals surface area contributed by atoms with E-state index in [1.165, 1.54) is 4.90 Å². The third kappa shape index (κ3) is 3.63. The molecule has 2 aromatic carbocycles. The van der Waals surface area contributed by atoms with Gasteiger partial charge in [0.05, 0.1) is 0 Å². The molecule has 156 valence electrons. The van der Waals surface area contributed by atoms with Gasteiger partial charge < -0.3 is 19.7 Å². The molecule has 0 fully saturated rings. The van der Waals surface area contributed by atoms with Crippen LogP contribution in [0.15, 0.2) is 48.7 Å². The quantitative estimate of drug-likeness (QED) is 0.632. The molecule has 1 aromatic heterocycles. The van der Waals surface area contributed by atoms with E-state index in [9.17, 15) is 14.7 Å². The molecule has 7 heteroatoms. The number of nitrogens with zero attached hydrogens (tertiary/aromatic N) is 1. The van der Waals surface area contributed by atoms with E-state index in [4.69, 9.17) is 16.3 Å². The smallest absolute Gasteiger partial charge is 0.331 e. The number of para-hydroxylation sites is 1. The molecule has 0 radical (unpaired) electrons. The van der Waals surface area contributed by atoms with E-state index in [2.05, 4.69) is 4.98 Å². The van der Waals surface area contributed by atoms with Crippen molar-refractivity contribution in [3.63, 3.8) is 0 Å². The van der Waals surface area contributed by atoms with Crippen molar-refractivity contribution in [2.45, 2.75) is 32.4 Å². The number of ether oxygens (including phenoxy) is 1. The fraction of sp³-hybridized carbons (Fsp3) is 0.304. The Morgan fingerprint density at radius 2 is 2.03 bits per heavy atom. The van der Waals surface area contributed by atoms with Crippen LogP contribution in [0, 0.1) is 5.92 Å². The highest BCUT2D eigenvalue weighted by atomic mass is 35.5. The number of carboxylic acid groups (broad SMARTS) is 1. The second-order valence-corrected chi connectivity index (χ2v) is 8.28. The molecule has 0 saturated heterocycles. The molecular formula is C23H23ClN2O4. The third-order valence-electron chi connectivity index (χ3n) is 5.49. The Kier molecular flexibility index (Phi) is 5.43. The molecule has 0 aliphatic carbocycles. The first-order valence-electron chi connectivity index (χ1n) is 9.91. The summed E-state index contributed by atoms with van der Waals surface area (Å²) in [5.41, 5.74) is 2.43. The van der Waals surface area contributed by atoms with Gasteiger partial charge >= 0.3 is 5.97 Å². The van der Waals surface area contributed by atoms with Crippen molar-refractivity contribution in [2.24, 2.45) is 5.92 Å². The lowest BCUT2D eigenvalue weighted by Gasteiger charge is -2.29. The molecule has 6 nitrogen and oxygen atoms in total. The van der Waals surface area contributed by atoms with Crippen LogP contribution in [0.1, 0.15) is 31.0 Å². The van der Waals surface area contributed by atoms with E-state index in [0.717, 1.165) is 16.5 Å². The normalized spacial score (nSPS) is 18.9. The first-order valence-corrected chi connectivity index (χ1v) is 10.3. The lowest BCUT2D eigenvalue weighted by molar-refractivity contribution is -0.153. The number of H-pyrrole nitrogens is 1. The fourth-order valence-corrected chi connectivity index (χ4v) is 4.17. The predicted octanol–water partition coefficient (Wildman–Crippen LogP) is 4.44. The Hall–Kier alpha value is -2.99. The summed E-state index contributed by atoms with van der Waals surface area (Å²) in [5.74, 6) is -1.18. The predicted molar refractivity (Wildman–Crippen MR) is 115 cm³/mol. The zero-order chi connectivity index (χ0) is 21.4. The number of benzene rings is 2. The highest BCUT2D eigenvalue weighted by Crippen LogP contribution is 2.37. The number of carboxylic acids is 1. The van der Waals surface area contributed by atoms with Gasteiger partial charge in [-0.15, -0.1) is 0 Å². The number of halogens is 1. The summed E-state index contributed by atoms with van der Waals surface area (Å²) in [6, 6.07) is 11.6. The molecule has 1 amide bonds. The van der Waals surface area contributed by atoms with Crippen LogP contribution in [-0.2, 0) is 16.0 Å². The van der Waals surface area contributed by atoms with E-state index in [-0.39, 0.29) is 18.4 Å². The number of amides is 1. The standard InChI is InChI=1S/C23H23ClN2O4/c1-13(2)21-22(27)26(10-9-14-12-25-18-6-4-3-5-16(14)18)20(23(28)29)17-11-15(24)7-8-19(17)30-21/h3-8,11-13,20-21,25H,9-10H2,1-2H3,(H,28,29). The average Bonchev–Trinajstić information content (AvgIpc) is 3.07. The Balaban J connectivity index is 1.74. The van der Waals surface area contributed by atoms with Gasteiger partial charge in [0.25, 0.3) is 5.91 Å². The summed E-state index contributed by atoms with van der Waals surface area (Å²) in [6.07, 6.45) is 1.65. The number of rotatable bonds is 5. The monoisotopic (exact) mass is 426 g/mol. The molecule has 1 aliphatic rings. The van der Waals surface area contributed by atoms with Crippen molar-refractivity contribution in [1.29, 1.82) is 0 Å². The zero-order valence-electron chi connectivity index (χ0n) is 16.8. The summed E-state index contributed by atoms with van der Waals surface area (Å²) < 4.78 is 5.98. The largest absolute Gasteiger partial charge is 0.480 e. The van der Waals surface area contributed by atoms with Crippen molar-refractivity contribution in [2.75, 3.05) is 6.54 Å². The number of aromatic amines is 1. The van der Waals surface area contributed by atoms with Crippen LogP contribution in [0.25, 0.3) is 10.9 Å². The number of aromatic nitrogens is 1. The minimum absolute atomic E-state index is 0.121. The number of carbonyl (C=O) groups excluding carboxylic acids is 1. The minimum Gasteiger partial charge on any atom is -0.480 e. The SMILES string of the molecule is CC(C)C1Oc2ccc(Cl)cc2C(C(=O)O)N(CCc2c[nH]c3ccccc23)C1=O. The average molecular weight is 427 g/mol. The number of nitrogens with one attached hydrogen (secondary N) is 1. The highest BCUT2D eigenvalue weighted by molar-refractivity contribution is 6.30. The van der Waals surface area contributed by atoms with E-state index < -0.39 is 18.1 Å². The molecule has 1 aliphatic heterocycles. The summed E-state index contributed by atoms with van der Waals surface area (Å²) in [5, 5.41) is 11.5. The van der Waals surface area contributed by atoms with Gasteiger partial charge in [-0.05, 0) is 42.2 Å². The number of hydrogen-bond donors (Lipinski definition) is 2. The van der Waals surface area contributed by atoms with Gasteiger partial charge in [-0.3, -0.25) is 4.79 Å². The summed E-state index contributed by atoms with van der Waals surface area (Å²) >= 11 is 6.15. The lowest BCUT2D eigenvalue weighted by atomic mass is 10.0. The summed E-state index contributed by atoms with van der Waals surface area (Å²) in [6.45, 7) is 4.02. The van der Waals surface area contributed by atoms with Crippen LogP contribution in [-0.4, -0.2) is 39.5 Å². The van der Waals surface area contributed by atoms with Crippen LogP contribution in [0.4, 0.5) is 0 Å². The van der Waals surface area contributed by atoms with Gasteiger partial charge in [0.1, 0.15) is 5.75 Å². The maximum absolute atomic E-state index is 13.4. The molecule has 0 saturated carbocycles. The van der Waals surface area contributed by atoms with Crippen molar-refractivity contribution in [3.05, 3.63) is 64.8 Å². The minimum atomic E-state index is -1.17. The Bertz CT molecular complexity index is 1110. The summed E-state index contributed by atoms with van der Waals surface area (Å²) in [7, 11) is 0.